The molecule has 1 aromatic carbocycles. The SMILES string of the molecule is NCC1(C(=O)Nc2cccc(C(N)=O)c2)CCC1. The zero-order chi connectivity index (χ0) is 13.2. The average Bonchev–Trinajstić information content (AvgIpc) is 2.28. The largest absolute Gasteiger partial charge is 0.366 e. The van der Waals surface area contributed by atoms with E-state index in [0.29, 0.717) is 17.8 Å². The molecule has 5 nitrogen and oxygen atoms in total. The topological polar surface area (TPSA) is 98.2 Å². The van der Waals surface area contributed by atoms with Crippen LogP contribution in [-0.2, 0) is 4.79 Å². The van der Waals surface area contributed by atoms with E-state index >= 15 is 0 Å². The number of rotatable bonds is 4. The van der Waals surface area contributed by atoms with Crippen LogP contribution in [0.2, 0.25) is 0 Å². The fraction of sp³-hybridized carbons (Fsp3) is 0.385. The van der Waals surface area contributed by atoms with Crippen molar-refractivity contribution in [1.29, 1.82) is 0 Å². The maximum absolute atomic E-state index is 12.1. The van der Waals surface area contributed by atoms with Crippen LogP contribution in [0.1, 0.15) is 29.6 Å². The first kappa shape index (κ1) is 12.6. The minimum Gasteiger partial charge on any atom is -0.366 e. The number of carbonyl (C=O) groups is 2. The van der Waals surface area contributed by atoms with Crippen LogP contribution in [0.15, 0.2) is 24.3 Å². The van der Waals surface area contributed by atoms with Gasteiger partial charge >= 0.3 is 0 Å². The van der Waals surface area contributed by atoms with Crippen molar-refractivity contribution in [2.45, 2.75) is 19.3 Å². The van der Waals surface area contributed by atoms with Gasteiger partial charge in [0.25, 0.3) is 0 Å². The Morgan fingerprint density at radius 3 is 2.56 bits per heavy atom. The number of hydrogen-bond acceptors (Lipinski definition) is 3. The van der Waals surface area contributed by atoms with E-state index in [9.17, 15) is 9.59 Å². The van der Waals surface area contributed by atoms with Crippen molar-refractivity contribution in [2.24, 2.45) is 16.9 Å². The predicted molar refractivity (Wildman–Crippen MR) is 68.9 cm³/mol. The maximum atomic E-state index is 12.1. The van der Waals surface area contributed by atoms with Crippen molar-refractivity contribution in [1.82, 2.24) is 0 Å². The third-order valence-electron chi connectivity index (χ3n) is 3.59. The van der Waals surface area contributed by atoms with E-state index in [0.717, 1.165) is 19.3 Å². The summed E-state index contributed by atoms with van der Waals surface area (Å²) in [5.74, 6) is -0.582. The van der Waals surface area contributed by atoms with Crippen molar-refractivity contribution >= 4 is 17.5 Å². The van der Waals surface area contributed by atoms with Gasteiger partial charge in [0.2, 0.25) is 11.8 Å². The van der Waals surface area contributed by atoms with Crippen molar-refractivity contribution in [3.63, 3.8) is 0 Å². The molecule has 96 valence electrons. The molecule has 5 N–H and O–H groups in total. The van der Waals surface area contributed by atoms with E-state index in [1.54, 1.807) is 24.3 Å². The summed E-state index contributed by atoms with van der Waals surface area (Å²) in [6.45, 7) is 0.355. The van der Waals surface area contributed by atoms with Crippen molar-refractivity contribution in [3.8, 4) is 0 Å². The molecule has 1 aliphatic carbocycles. The molecular weight excluding hydrogens is 230 g/mol. The normalized spacial score (nSPS) is 16.7. The smallest absolute Gasteiger partial charge is 0.248 e. The number of amides is 2. The van der Waals surface area contributed by atoms with Gasteiger partial charge in [0.05, 0.1) is 5.41 Å². The minimum absolute atomic E-state index is 0.0714. The fourth-order valence-electron chi connectivity index (χ4n) is 2.14. The third-order valence-corrected chi connectivity index (χ3v) is 3.59. The number of benzene rings is 1. The van der Waals surface area contributed by atoms with Gasteiger partial charge < -0.3 is 16.8 Å². The van der Waals surface area contributed by atoms with Crippen LogP contribution in [-0.4, -0.2) is 18.4 Å². The summed E-state index contributed by atoms with van der Waals surface area (Å²) in [6.07, 6.45) is 2.68. The molecule has 2 amide bonds. The lowest BCUT2D eigenvalue weighted by Gasteiger charge is -2.39. The molecular formula is C13H17N3O2. The fourth-order valence-corrected chi connectivity index (χ4v) is 2.14. The summed E-state index contributed by atoms with van der Waals surface area (Å²) in [7, 11) is 0. The van der Waals surface area contributed by atoms with Crippen molar-refractivity contribution in [2.75, 3.05) is 11.9 Å². The molecule has 0 saturated heterocycles. The van der Waals surface area contributed by atoms with Crippen LogP contribution in [0, 0.1) is 5.41 Å². The van der Waals surface area contributed by atoms with E-state index in [-0.39, 0.29) is 5.91 Å². The lowest BCUT2D eigenvalue weighted by atomic mass is 9.68. The Morgan fingerprint density at radius 2 is 2.06 bits per heavy atom. The molecule has 1 aliphatic rings. The summed E-state index contributed by atoms with van der Waals surface area (Å²) in [6, 6.07) is 6.60. The molecule has 1 fully saturated rings. The highest BCUT2D eigenvalue weighted by atomic mass is 16.2. The Bertz CT molecular complexity index is 475. The number of anilines is 1. The van der Waals surface area contributed by atoms with E-state index in [1.807, 2.05) is 0 Å². The molecule has 1 aromatic rings. The van der Waals surface area contributed by atoms with Gasteiger partial charge in [0, 0.05) is 17.8 Å². The van der Waals surface area contributed by atoms with Gasteiger partial charge in [-0.2, -0.15) is 0 Å². The molecule has 0 heterocycles. The average molecular weight is 247 g/mol. The van der Waals surface area contributed by atoms with E-state index in [1.165, 1.54) is 0 Å². The highest BCUT2D eigenvalue weighted by molar-refractivity contribution is 5.98. The molecule has 0 atom stereocenters. The molecule has 0 unspecified atom stereocenters. The first-order chi connectivity index (χ1) is 8.57. The minimum atomic E-state index is -0.511. The van der Waals surface area contributed by atoms with Gasteiger partial charge in [0.15, 0.2) is 0 Å². The van der Waals surface area contributed by atoms with Crippen LogP contribution >= 0.6 is 0 Å². The van der Waals surface area contributed by atoms with Crippen LogP contribution in [0.25, 0.3) is 0 Å². The van der Waals surface area contributed by atoms with Crippen LogP contribution < -0.4 is 16.8 Å². The van der Waals surface area contributed by atoms with Crippen LogP contribution in [0.4, 0.5) is 5.69 Å². The summed E-state index contributed by atoms with van der Waals surface area (Å²) in [5.41, 5.74) is 11.4. The standard InChI is InChI=1S/C13H17N3O2/c14-8-13(5-2-6-13)12(18)16-10-4-1-3-9(7-10)11(15)17/h1,3-4,7H,2,5-6,8,14H2,(H2,15,17)(H,16,18). The second kappa shape index (κ2) is 4.78. The monoisotopic (exact) mass is 247 g/mol. The quantitative estimate of drug-likeness (QED) is 0.735. The van der Waals surface area contributed by atoms with Crippen LogP contribution in [0.3, 0.4) is 0 Å². The zero-order valence-electron chi connectivity index (χ0n) is 10.1. The molecule has 0 spiro atoms. The Kier molecular flexibility index (Phi) is 3.34. The lowest BCUT2D eigenvalue weighted by Crippen LogP contribution is -2.47. The second-order valence-corrected chi connectivity index (χ2v) is 4.74. The maximum Gasteiger partial charge on any atom is 0.248 e. The van der Waals surface area contributed by atoms with Crippen molar-refractivity contribution in [3.05, 3.63) is 29.8 Å². The molecule has 0 bridgehead atoms. The van der Waals surface area contributed by atoms with Gasteiger partial charge in [-0.25, -0.2) is 0 Å². The van der Waals surface area contributed by atoms with Gasteiger partial charge in [-0.1, -0.05) is 12.5 Å². The summed E-state index contributed by atoms with van der Waals surface area (Å²) in [5, 5.41) is 2.80. The molecule has 0 radical (unpaired) electrons. The van der Waals surface area contributed by atoms with E-state index < -0.39 is 11.3 Å². The Morgan fingerprint density at radius 1 is 1.33 bits per heavy atom. The predicted octanol–water partition coefficient (Wildman–Crippen LogP) is 0.853. The van der Waals surface area contributed by atoms with Gasteiger partial charge in [0.1, 0.15) is 0 Å². The number of nitrogens with one attached hydrogen (secondary N) is 1. The summed E-state index contributed by atoms with van der Waals surface area (Å²) in [4.78, 5) is 23.2. The highest BCUT2D eigenvalue weighted by Gasteiger charge is 2.42. The first-order valence-electron chi connectivity index (χ1n) is 5.99. The molecule has 18 heavy (non-hydrogen) atoms. The van der Waals surface area contributed by atoms with Crippen LogP contribution in [0.5, 0.6) is 0 Å². The van der Waals surface area contributed by atoms with Gasteiger partial charge in [-0.05, 0) is 31.0 Å². The Labute approximate surface area is 106 Å². The Balaban J connectivity index is 2.12. The summed E-state index contributed by atoms with van der Waals surface area (Å²) >= 11 is 0. The lowest BCUT2D eigenvalue weighted by molar-refractivity contribution is -0.129. The van der Waals surface area contributed by atoms with E-state index in [4.69, 9.17) is 11.5 Å². The number of carbonyl (C=O) groups excluding carboxylic acids is 2. The van der Waals surface area contributed by atoms with E-state index in [2.05, 4.69) is 5.32 Å². The molecule has 0 aromatic heterocycles. The number of nitrogens with two attached hydrogens (primary N) is 2. The van der Waals surface area contributed by atoms with Crippen molar-refractivity contribution < 1.29 is 9.59 Å². The highest BCUT2D eigenvalue weighted by Crippen LogP contribution is 2.40. The molecule has 1 saturated carbocycles. The number of hydrogen-bond donors (Lipinski definition) is 3. The zero-order valence-corrected chi connectivity index (χ0v) is 10.1. The second-order valence-electron chi connectivity index (χ2n) is 4.74. The Hall–Kier alpha value is -1.88. The van der Waals surface area contributed by atoms with Gasteiger partial charge in [-0.15, -0.1) is 0 Å². The number of primary amides is 1. The summed E-state index contributed by atoms with van der Waals surface area (Å²) < 4.78 is 0. The third kappa shape index (κ3) is 2.22. The molecule has 5 heteroatoms. The molecule has 2 rings (SSSR count). The molecule has 0 aliphatic heterocycles. The van der Waals surface area contributed by atoms with Gasteiger partial charge in [-0.3, -0.25) is 9.59 Å². The first-order valence-corrected chi connectivity index (χ1v) is 5.99.